The lowest BCUT2D eigenvalue weighted by atomic mass is 9.98. The van der Waals surface area contributed by atoms with E-state index in [1.54, 1.807) is 13.8 Å². The molecule has 1 aromatic carbocycles. The summed E-state index contributed by atoms with van der Waals surface area (Å²) >= 11 is 0. The molecule has 0 saturated carbocycles. The molecule has 39 heavy (non-hydrogen) atoms. The van der Waals surface area contributed by atoms with Crippen molar-refractivity contribution in [2.24, 2.45) is 0 Å². The Balaban J connectivity index is 1.75. The van der Waals surface area contributed by atoms with Crippen LogP contribution in [0, 0.1) is 0 Å². The van der Waals surface area contributed by atoms with Gasteiger partial charge in [-0.25, -0.2) is 0 Å². The smallest absolute Gasteiger partial charge is 0.310 e. The second-order valence-corrected chi connectivity index (χ2v) is 10.8. The zero-order chi connectivity index (χ0) is 28.6. The summed E-state index contributed by atoms with van der Waals surface area (Å²) < 4.78 is 0. The van der Waals surface area contributed by atoms with Crippen LogP contribution in [0.4, 0.5) is 0 Å². The molecule has 4 amide bonds. The van der Waals surface area contributed by atoms with Crippen LogP contribution in [-0.2, 0) is 35.2 Å². The summed E-state index contributed by atoms with van der Waals surface area (Å²) in [4.78, 5) is 77.3. The number of nitrogens with zero attached hydrogens (tertiary/aromatic N) is 1. The zero-order valence-corrected chi connectivity index (χ0v) is 22.5. The van der Waals surface area contributed by atoms with Crippen LogP contribution in [-0.4, -0.2) is 75.6 Å². The van der Waals surface area contributed by atoms with Crippen LogP contribution in [0.3, 0.4) is 0 Å². The van der Waals surface area contributed by atoms with Gasteiger partial charge in [-0.15, -0.1) is 0 Å². The fourth-order valence-corrected chi connectivity index (χ4v) is 4.98. The first-order chi connectivity index (χ1) is 18.5. The van der Waals surface area contributed by atoms with E-state index in [0.29, 0.717) is 38.6 Å². The van der Waals surface area contributed by atoms with Gasteiger partial charge in [-0.2, -0.15) is 0 Å². The Hall–Kier alpha value is -3.76. The summed E-state index contributed by atoms with van der Waals surface area (Å²) in [7, 11) is 0. The van der Waals surface area contributed by atoms with Crippen molar-refractivity contribution in [3.63, 3.8) is 0 Å². The van der Waals surface area contributed by atoms with E-state index in [-0.39, 0.29) is 31.0 Å². The highest BCUT2D eigenvalue weighted by Crippen LogP contribution is 2.21. The number of amides is 4. The molecule has 2 aliphatic heterocycles. The van der Waals surface area contributed by atoms with Gasteiger partial charge < -0.3 is 26.0 Å². The maximum Gasteiger partial charge on any atom is 0.310 e. The van der Waals surface area contributed by atoms with Crippen molar-refractivity contribution in [1.82, 2.24) is 20.9 Å². The predicted molar refractivity (Wildman–Crippen MR) is 141 cm³/mol. The van der Waals surface area contributed by atoms with E-state index >= 15 is 0 Å². The first kappa shape index (κ1) is 29.8. The molecule has 3 atom stereocenters. The number of carbonyl (C=O) groups excluding carboxylic acids is 5. The second-order valence-electron chi connectivity index (χ2n) is 10.8. The van der Waals surface area contributed by atoms with Gasteiger partial charge in [0.2, 0.25) is 23.6 Å². The molecule has 2 heterocycles. The van der Waals surface area contributed by atoms with E-state index in [4.69, 9.17) is 5.11 Å². The zero-order valence-electron chi connectivity index (χ0n) is 22.5. The second kappa shape index (κ2) is 13.3. The number of rotatable bonds is 10. The van der Waals surface area contributed by atoms with Crippen LogP contribution in [0.15, 0.2) is 30.3 Å². The Morgan fingerprint density at radius 2 is 1.69 bits per heavy atom. The van der Waals surface area contributed by atoms with Crippen molar-refractivity contribution in [3.8, 4) is 0 Å². The molecule has 0 bridgehead atoms. The first-order valence-electron chi connectivity index (χ1n) is 13.5. The number of carboxylic acid groups (broad SMARTS) is 1. The van der Waals surface area contributed by atoms with Crippen molar-refractivity contribution >= 4 is 35.4 Å². The monoisotopic (exact) mass is 542 g/mol. The van der Waals surface area contributed by atoms with Crippen molar-refractivity contribution in [2.75, 3.05) is 6.54 Å². The maximum absolute atomic E-state index is 13.6. The quantitative estimate of drug-likeness (QED) is 0.254. The van der Waals surface area contributed by atoms with Crippen LogP contribution >= 0.6 is 0 Å². The molecule has 1 aromatic rings. The Labute approximate surface area is 228 Å². The molecule has 11 heteroatoms. The highest BCUT2D eigenvalue weighted by Gasteiger charge is 2.42. The SMILES string of the molecule is CC1(C)NC(=O)[C@H](CCCCCC(=O)CC(=O)O)NC(=O)[C@H]2CCCN2C(=O)[C@H](Cc2ccccc2)NC1=O. The van der Waals surface area contributed by atoms with E-state index in [1.165, 1.54) is 4.90 Å². The summed E-state index contributed by atoms with van der Waals surface area (Å²) in [6.45, 7) is 3.46. The number of Topliss-reactive ketones (excluding diaryl/α,β-unsaturated/α-hetero) is 1. The molecule has 0 unspecified atom stereocenters. The average Bonchev–Trinajstić information content (AvgIpc) is 3.36. The third-order valence-electron chi connectivity index (χ3n) is 7.16. The van der Waals surface area contributed by atoms with E-state index in [1.807, 2.05) is 30.3 Å². The topological polar surface area (TPSA) is 162 Å². The lowest BCUT2D eigenvalue weighted by molar-refractivity contribution is -0.144. The predicted octanol–water partition coefficient (Wildman–Crippen LogP) is 1.09. The van der Waals surface area contributed by atoms with E-state index in [0.717, 1.165) is 5.56 Å². The largest absolute Gasteiger partial charge is 0.481 e. The number of carboxylic acids is 1. The van der Waals surface area contributed by atoms with Crippen LogP contribution in [0.25, 0.3) is 0 Å². The normalized spacial score (nSPS) is 23.5. The van der Waals surface area contributed by atoms with Crippen molar-refractivity contribution in [2.45, 2.75) is 95.3 Å². The summed E-state index contributed by atoms with van der Waals surface area (Å²) in [6, 6.07) is 6.71. The van der Waals surface area contributed by atoms with Crippen LogP contribution in [0.5, 0.6) is 0 Å². The van der Waals surface area contributed by atoms with Gasteiger partial charge in [-0.3, -0.25) is 28.8 Å². The molecule has 0 aromatic heterocycles. The number of benzene rings is 1. The molecular formula is C28H38N4O7. The van der Waals surface area contributed by atoms with Crippen molar-refractivity contribution in [3.05, 3.63) is 35.9 Å². The summed E-state index contributed by atoms with van der Waals surface area (Å²) in [5.74, 6) is -3.30. The number of aliphatic carboxylic acids is 1. The number of fused-ring (bicyclic) bond motifs is 1. The number of unbranched alkanes of at least 4 members (excludes halogenated alkanes) is 2. The van der Waals surface area contributed by atoms with Gasteiger partial charge in [0.05, 0.1) is 0 Å². The maximum atomic E-state index is 13.6. The lowest BCUT2D eigenvalue weighted by Crippen LogP contribution is -2.64. The molecule has 2 fully saturated rings. The van der Waals surface area contributed by atoms with Crippen molar-refractivity contribution in [1.29, 1.82) is 0 Å². The molecule has 212 valence electrons. The van der Waals surface area contributed by atoms with Gasteiger partial charge in [0.25, 0.3) is 0 Å². The summed E-state index contributed by atoms with van der Waals surface area (Å²) in [5.41, 5.74) is -0.503. The Kier molecular flexibility index (Phi) is 10.2. The van der Waals surface area contributed by atoms with Gasteiger partial charge in [-0.05, 0) is 45.1 Å². The Morgan fingerprint density at radius 3 is 2.38 bits per heavy atom. The van der Waals surface area contributed by atoms with E-state index in [9.17, 15) is 28.8 Å². The molecular weight excluding hydrogens is 504 g/mol. The third kappa shape index (κ3) is 8.36. The standard InChI is InChI=1S/C28H38N4O7/c1-28(2)27(39)30-21(16-18-10-5-3-6-11-18)26(38)32-15-9-14-22(32)25(37)29-20(24(36)31-28)13-8-4-7-12-19(33)17-23(34)35/h3,5-6,10-11,20-22H,4,7-9,12-17H2,1-2H3,(H,29,37)(H,30,39)(H,31,36)(H,34,35)/t20-,21-,22+/m0/s1. The fraction of sp³-hybridized carbons (Fsp3) is 0.571. The minimum Gasteiger partial charge on any atom is -0.481 e. The highest BCUT2D eigenvalue weighted by molar-refractivity contribution is 5.99. The van der Waals surface area contributed by atoms with E-state index < -0.39 is 53.8 Å². The van der Waals surface area contributed by atoms with Crippen LogP contribution in [0.2, 0.25) is 0 Å². The molecule has 11 nitrogen and oxygen atoms in total. The fourth-order valence-electron chi connectivity index (χ4n) is 4.98. The van der Waals surface area contributed by atoms with Crippen molar-refractivity contribution < 1.29 is 33.9 Å². The average molecular weight is 543 g/mol. The summed E-state index contributed by atoms with van der Waals surface area (Å²) in [5, 5.41) is 17.0. The number of hydrogen-bond acceptors (Lipinski definition) is 6. The van der Waals surface area contributed by atoms with E-state index in [2.05, 4.69) is 16.0 Å². The highest BCUT2D eigenvalue weighted by atomic mass is 16.4. The molecule has 2 aliphatic rings. The number of carbonyl (C=O) groups is 6. The first-order valence-corrected chi connectivity index (χ1v) is 13.5. The molecule has 0 radical (unpaired) electrons. The third-order valence-corrected chi connectivity index (χ3v) is 7.16. The molecule has 4 N–H and O–H groups in total. The Bertz CT molecular complexity index is 1090. The number of hydrogen-bond donors (Lipinski definition) is 4. The summed E-state index contributed by atoms with van der Waals surface area (Å²) in [6.07, 6.45) is 2.74. The minimum atomic E-state index is -1.36. The van der Waals surface area contributed by atoms with Gasteiger partial charge >= 0.3 is 5.97 Å². The van der Waals surface area contributed by atoms with Gasteiger partial charge in [0.15, 0.2) is 0 Å². The number of ketones is 1. The molecule has 0 spiro atoms. The molecule has 0 aliphatic carbocycles. The van der Waals surface area contributed by atoms with Gasteiger partial charge in [0, 0.05) is 19.4 Å². The Morgan fingerprint density at radius 1 is 0.974 bits per heavy atom. The van der Waals surface area contributed by atoms with Crippen LogP contribution < -0.4 is 16.0 Å². The van der Waals surface area contributed by atoms with Gasteiger partial charge in [-0.1, -0.05) is 43.2 Å². The minimum absolute atomic E-state index is 0.131. The van der Waals surface area contributed by atoms with Crippen LogP contribution in [0.1, 0.15) is 70.8 Å². The lowest BCUT2D eigenvalue weighted by Gasteiger charge is -2.34. The van der Waals surface area contributed by atoms with Gasteiger partial charge in [0.1, 0.15) is 35.9 Å². The number of nitrogens with one attached hydrogen (secondary N) is 3. The molecule has 3 rings (SSSR count). The molecule has 2 saturated heterocycles.